The van der Waals surface area contributed by atoms with Crippen molar-refractivity contribution in [2.24, 2.45) is 11.8 Å². The second kappa shape index (κ2) is 6.78. The number of nitrogen functional groups attached to an aromatic ring is 1. The van der Waals surface area contributed by atoms with E-state index in [1.165, 1.54) is 29.2 Å². The lowest BCUT2D eigenvalue weighted by molar-refractivity contribution is 0.451. The highest BCUT2D eigenvalue weighted by molar-refractivity contribution is 6.32. The van der Waals surface area contributed by atoms with Crippen LogP contribution in [0.1, 0.15) is 17.6 Å². The number of rotatable bonds is 4. The third kappa shape index (κ3) is 2.58. The van der Waals surface area contributed by atoms with Crippen LogP contribution in [0, 0.1) is 17.8 Å². The van der Waals surface area contributed by atoms with Gasteiger partial charge < -0.3 is 10.7 Å². The van der Waals surface area contributed by atoms with E-state index in [-0.39, 0.29) is 45.5 Å². The number of hydrogen-bond acceptors (Lipinski definition) is 8. The summed E-state index contributed by atoms with van der Waals surface area (Å²) in [6.07, 6.45) is 1.46. The van der Waals surface area contributed by atoms with Crippen molar-refractivity contribution >= 4 is 29.0 Å². The molecule has 5 aromatic rings. The molecule has 2 atom stereocenters. The van der Waals surface area contributed by atoms with Crippen molar-refractivity contribution in [3.05, 3.63) is 80.9 Å². The summed E-state index contributed by atoms with van der Waals surface area (Å²) in [5.74, 6) is 0.935. The van der Waals surface area contributed by atoms with Crippen molar-refractivity contribution < 1.29 is 4.39 Å². The normalized spacial score (nSPS) is 24.1. The molecule has 2 fully saturated rings. The SMILES string of the molecule is Nc1ccc(-c2nc(C34C5C(c6nc(-c7cc(Cl)ccc7-n7cnnn7)cc(=O)n63)C54)[nH]c2Cl)c(F)n1. The molecule has 2 aliphatic heterocycles. The molecular formula is C23H13Cl2FN10O. The van der Waals surface area contributed by atoms with Crippen molar-refractivity contribution in [3.63, 3.8) is 0 Å². The highest BCUT2D eigenvalue weighted by atomic mass is 35.5. The summed E-state index contributed by atoms with van der Waals surface area (Å²) in [4.78, 5) is 29.8. The number of halogens is 3. The number of nitrogens with two attached hydrogens (primary N) is 1. The predicted molar refractivity (Wildman–Crippen MR) is 130 cm³/mol. The molecule has 3 N–H and O–H groups in total. The molecule has 9 rings (SSSR count). The largest absolute Gasteiger partial charge is 0.384 e. The summed E-state index contributed by atoms with van der Waals surface area (Å²) in [7, 11) is 0. The number of nitrogens with zero attached hydrogens (tertiary/aromatic N) is 8. The summed E-state index contributed by atoms with van der Waals surface area (Å²) in [5.41, 5.74) is 6.75. The van der Waals surface area contributed by atoms with Crippen molar-refractivity contribution in [1.82, 2.24) is 44.7 Å². The van der Waals surface area contributed by atoms with Gasteiger partial charge >= 0.3 is 0 Å². The Kier molecular flexibility index (Phi) is 3.84. The molecule has 2 bridgehead atoms. The van der Waals surface area contributed by atoms with Gasteiger partial charge in [-0.15, -0.1) is 5.10 Å². The molecule has 11 nitrogen and oxygen atoms in total. The van der Waals surface area contributed by atoms with Gasteiger partial charge in [-0.25, -0.2) is 15.0 Å². The molecule has 4 aliphatic rings. The lowest BCUT2D eigenvalue weighted by atomic mass is 10.0. The number of aromatic nitrogens is 9. The molecule has 0 saturated heterocycles. The topological polar surface area (TPSA) is 146 Å². The number of hydrogen-bond donors (Lipinski definition) is 2. The van der Waals surface area contributed by atoms with Gasteiger partial charge in [0.2, 0.25) is 5.95 Å². The standard InChI is InChI=1S/C23H13Cl2FN10O/c24-8-1-3-12(35-7-28-33-34-35)10(5-8)11-6-14(37)36-21(29-11)15-16-17(15)23(16,36)22-31-18(19(25)32-22)9-2-4-13(27)30-20(9)26/h1-7,15-17H,(H2,27,30)(H,31,32). The number of benzene rings is 1. The van der Waals surface area contributed by atoms with Crippen molar-refractivity contribution in [3.8, 4) is 28.2 Å². The first-order valence-corrected chi connectivity index (χ1v) is 12.0. The van der Waals surface area contributed by atoms with Gasteiger partial charge in [0.05, 0.1) is 16.9 Å². The smallest absolute Gasteiger partial charge is 0.255 e. The van der Waals surface area contributed by atoms with Crippen LogP contribution >= 0.6 is 23.2 Å². The average Bonchev–Trinajstić information content (AvgIpc) is 3.40. The van der Waals surface area contributed by atoms with Crippen LogP contribution < -0.4 is 11.3 Å². The molecular weight excluding hydrogens is 522 g/mol. The van der Waals surface area contributed by atoms with E-state index in [1.54, 1.807) is 22.8 Å². The van der Waals surface area contributed by atoms with Crippen molar-refractivity contribution in [1.29, 1.82) is 0 Å². The number of imidazole rings is 1. The maximum atomic E-state index is 14.5. The zero-order valence-corrected chi connectivity index (χ0v) is 20.0. The Balaban J connectivity index is 1.25. The molecule has 2 unspecified atom stereocenters. The molecule has 0 spiro atoms. The lowest BCUT2D eigenvalue weighted by Crippen LogP contribution is -2.33. The van der Waals surface area contributed by atoms with Crippen LogP contribution in [0.3, 0.4) is 0 Å². The average molecular weight is 535 g/mol. The summed E-state index contributed by atoms with van der Waals surface area (Å²) in [6.45, 7) is 0. The lowest BCUT2D eigenvalue weighted by Gasteiger charge is -2.17. The third-order valence-electron chi connectivity index (χ3n) is 7.53. The van der Waals surface area contributed by atoms with Crippen LogP contribution in [0.15, 0.2) is 47.5 Å². The van der Waals surface area contributed by atoms with E-state index in [2.05, 4.69) is 30.5 Å². The Hall–Kier alpha value is -4.16. The maximum absolute atomic E-state index is 14.5. The molecule has 1 aromatic carbocycles. The number of anilines is 1. The van der Waals surface area contributed by atoms with Crippen LogP contribution in [-0.2, 0) is 5.54 Å². The Morgan fingerprint density at radius 1 is 1.05 bits per heavy atom. The van der Waals surface area contributed by atoms with Gasteiger partial charge in [-0.1, -0.05) is 23.2 Å². The summed E-state index contributed by atoms with van der Waals surface area (Å²) in [6, 6.07) is 9.65. The fourth-order valence-electron chi connectivity index (χ4n) is 5.97. The third-order valence-corrected chi connectivity index (χ3v) is 8.04. The first-order valence-electron chi connectivity index (χ1n) is 11.3. The molecule has 37 heavy (non-hydrogen) atoms. The molecule has 2 saturated carbocycles. The molecule has 4 aromatic heterocycles. The summed E-state index contributed by atoms with van der Waals surface area (Å²) >= 11 is 12.7. The van der Waals surface area contributed by atoms with Crippen LogP contribution in [0.25, 0.3) is 28.2 Å². The van der Waals surface area contributed by atoms with Gasteiger partial charge in [0.25, 0.3) is 5.56 Å². The first kappa shape index (κ1) is 21.0. The minimum Gasteiger partial charge on any atom is -0.384 e. The quantitative estimate of drug-likeness (QED) is 0.334. The second-order valence-corrected chi connectivity index (χ2v) is 10.1. The van der Waals surface area contributed by atoms with Crippen LogP contribution in [0.2, 0.25) is 10.2 Å². The van der Waals surface area contributed by atoms with E-state index >= 15 is 0 Å². The summed E-state index contributed by atoms with van der Waals surface area (Å²) < 4.78 is 17.7. The highest BCUT2D eigenvalue weighted by Crippen LogP contribution is 2.89. The second-order valence-electron chi connectivity index (χ2n) is 9.31. The van der Waals surface area contributed by atoms with E-state index in [0.29, 0.717) is 33.6 Å². The molecule has 6 heterocycles. The fourth-order valence-corrected chi connectivity index (χ4v) is 6.38. The van der Waals surface area contributed by atoms with E-state index in [1.807, 2.05) is 0 Å². The van der Waals surface area contributed by atoms with Crippen molar-refractivity contribution in [2.75, 3.05) is 5.73 Å². The van der Waals surface area contributed by atoms with Crippen LogP contribution in [-0.4, -0.2) is 44.7 Å². The number of H-pyrrole nitrogens is 1. The van der Waals surface area contributed by atoms with Crippen LogP contribution in [0.4, 0.5) is 10.2 Å². The number of aromatic amines is 1. The molecule has 2 aliphatic carbocycles. The number of tetrazole rings is 1. The zero-order valence-electron chi connectivity index (χ0n) is 18.5. The number of pyridine rings is 1. The monoisotopic (exact) mass is 534 g/mol. The van der Waals surface area contributed by atoms with Gasteiger partial charge in [-0.2, -0.15) is 9.07 Å². The Morgan fingerprint density at radius 2 is 1.89 bits per heavy atom. The molecule has 0 amide bonds. The predicted octanol–water partition coefficient (Wildman–Crippen LogP) is 2.80. The molecule has 182 valence electrons. The molecule has 14 heteroatoms. The van der Waals surface area contributed by atoms with E-state index < -0.39 is 11.5 Å². The van der Waals surface area contributed by atoms with Crippen molar-refractivity contribution in [2.45, 2.75) is 11.5 Å². The number of nitrogens with one attached hydrogen (secondary N) is 1. The Bertz CT molecular complexity index is 1840. The highest BCUT2D eigenvalue weighted by Gasteiger charge is 2.93. The minimum atomic E-state index is -0.772. The zero-order chi connectivity index (χ0) is 25.2. The van der Waals surface area contributed by atoms with Gasteiger partial charge in [-0.3, -0.25) is 9.36 Å². The van der Waals surface area contributed by atoms with E-state index in [0.717, 1.165) is 0 Å². The molecule has 0 radical (unpaired) electrons. The summed E-state index contributed by atoms with van der Waals surface area (Å²) in [5, 5.41) is 12.0. The van der Waals surface area contributed by atoms with Crippen LogP contribution in [0.5, 0.6) is 0 Å². The van der Waals surface area contributed by atoms with E-state index in [9.17, 15) is 9.18 Å². The first-order chi connectivity index (χ1) is 17.9. The van der Waals surface area contributed by atoms with Gasteiger partial charge in [0.1, 0.15) is 40.2 Å². The fraction of sp³-hybridized carbons (Fsp3) is 0.174. The van der Waals surface area contributed by atoms with E-state index in [4.69, 9.17) is 33.9 Å². The Morgan fingerprint density at radius 3 is 2.65 bits per heavy atom. The van der Waals surface area contributed by atoms with Gasteiger partial charge in [0, 0.05) is 34.4 Å². The van der Waals surface area contributed by atoms with Gasteiger partial charge in [0.15, 0.2) is 0 Å². The maximum Gasteiger partial charge on any atom is 0.255 e. The van der Waals surface area contributed by atoms with Gasteiger partial charge in [-0.05, 0) is 40.8 Å². The minimum absolute atomic E-state index is 0.0547. The Labute approximate surface area is 216 Å².